The summed E-state index contributed by atoms with van der Waals surface area (Å²) in [5.74, 6) is 0.551. The Kier molecular flexibility index (Phi) is 2.48. The number of hydrogen-bond donors (Lipinski definition) is 0. The summed E-state index contributed by atoms with van der Waals surface area (Å²) in [4.78, 5) is 14.0. The molecule has 3 rings (SSSR count). The molecule has 0 aromatic heterocycles. The predicted octanol–water partition coefficient (Wildman–Crippen LogP) is 3.40. The van der Waals surface area contributed by atoms with Gasteiger partial charge in [-0.2, -0.15) is 0 Å². The minimum atomic E-state index is 0.272. The van der Waals surface area contributed by atoms with Crippen molar-refractivity contribution in [2.45, 2.75) is 19.3 Å². The van der Waals surface area contributed by atoms with E-state index >= 15 is 0 Å². The van der Waals surface area contributed by atoms with Crippen molar-refractivity contribution >= 4 is 39.1 Å². The van der Waals surface area contributed by atoms with Gasteiger partial charge in [0.05, 0.1) is 5.69 Å². The van der Waals surface area contributed by atoms with Crippen LogP contribution in [0.1, 0.15) is 18.4 Å². The third-order valence-corrected chi connectivity index (χ3v) is 4.00. The fraction of sp³-hybridized carbons (Fsp3) is 0.417. The van der Waals surface area contributed by atoms with Gasteiger partial charge in [-0.15, -0.1) is 0 Å². The second-order valence-corrected chi connectivity index (χ2v) is 5.70. The SMILES string of the molecule is O=C(C1CC1)N1CCc2cc(Cl)cc(Br)c21. The summed E-state index contributed by atoms with van der Waals surface area (Å²) >= 11 is 9.50. The van der Waals surface area contributed by atoms with E-state index in [1.54, 1.807) is 0 Å². The van der Waals surface area contributed by atoms with Crippen molar-refractivity contribution in [3.8, 4) is 0 Å². The zero-order valence-corrected chi connectivity index (χ0v) is 11.0. The number of benzene rings is 1. The van der Waals surface area contributed by atoms with Crippen LogP contribution in [-0.4, -0.2) is 12.5 Å². The lowest BCUT2D eigenvalue weighted by Crippen LogP contribution is -2.30. The van der Waals surface area contributed by atoms with Gasteiger partial charge >= 0.3 is 0 Å². The highest BCUT2D eigenvalue weighted by Crippen LogP contribution is 2.41. The Bertz CT molecular complexity index is 470. The average Bonchev–Trinajstić information content (AvgIpc) is 2.98. The normalized spacial score (nSPS) is 18.8. The van der Waals surface area contributed by atoms with Crippen LogP contribution in [0.2, 0.25) is 5.02 Å². The molecule has 1 aromatic rings. The van der Waals surface area contributed by atoms with Crippen LogP contribution in [0.25, 0.3) is 0 Å². The Balaban J connectivity index is 2.01. The summed E-state index contributed by atoms with van der Waals surface area (Å²) in [5, 5.41) is 0.728. The first-order valence-corrected chi connectivity index (χ1v) is 6.63. The number of hydrogen-bond acceptors (Lipinski definition) is 1. The van der Waals surface area contributed by atoms with Crippen molar-refractivity contribution in [2.75, 3.05) is 11.4 Å². The molecule has 0 radical (unpaired) electrons. The molecule has 0 bridgehead atoms. The van der Waals surface area contributed by atoms with Gasteiger partial charge < -0.3 is 4.90 Å². The zero-order valence-electron chi connectivity index (χ0n) is 8.67. The molecule has 1 heterocycles. The van der Waals surface area contributed by atoms with Gasteiger partial charge in [-0.1, -0.05) is 11.6 Å². The van der Waals surface area contributed by atoms with Crippen molar-refractivity contribution in [1.82, 2.24) is 0 Å². The molecule has 1 aliphatic heterocycles. The molecule has 0 spiro atoms. The third kappa shape index (κ3) is 1.66. The molecule has 1 amide bonds. The van der Waals surface area contributed by atoms with Crippen molar-refractivity contribution in [1.29, 1.82) is 0 Å². The zero-order chi connectivity index (χ0) is 11.3. The van der Waals surface area contributed by atoms with E-state index in [2.05, 4.69) is 15.9 Å². The predicted molar refractivity (Wildman–Crippen MR) is 67.9 cm³/mol. The number of nitrogens with zero attached hydrogens (tertiary/aromatic N) is 1. The second kappa shape index (κ2) is 3.74. The number of carbonyl (C=O) groups is 1. The molecule has 1 aromatic carbocycles. The van der Waals surface area contributed by atoms with Gasteiger partial charge in [0.1, 0.15) is 0 Å². The molecule has 0 saturated heterocycles. The number of carbonyl (C=O) groups excluding carboxylic acids is 1. The maximum atomic E-state index is 12.1. The monoisotopic (exact) mass is 299 g/mol. The maximum absolute atomic E-state index is 12.1. The van der Waals surface area contributed by atoms with E-state index in [0.717, 1.165) is 41.0 Å². The largest absolute Gasteiger partial charge is 0.310 e. The number of rotatable bonds is 1. The second-order valence-electron chi connectivity index (χ2n) is 4.41. The fourth-order valence-corrected chi connectivity index (χ4v) is 3.32. The molecule has 0 N–H and O–H groups in total. The summed E-state index contributed by atoms with van der Waals surface area (Å²) in [6.45, 7) is 0.795. The maximum Gasteiger partial charge on any atom is 0.230 e. The molecular weight excluding hydrogens is 289 g/mol. The molecular formula is C12H11BrClNO. The molecule has 84 valence electrons. The standard InChI is InChI=1S/C12H11BrClNO/c13-10-6-9(14)5-8-3-4-15(11(8)10)12(16)7-1-2-7/h5-7H,1-4H2. The number of halogens is 2. The van der Waals surface area contributed by atoms with Crippen molar-refractivity contribution in [3.63, 3.8) is 0 Å². The Hall–Kier alpha value is -0.540. The van der Waals surface area contributed by atoms with Gasteiger partial charge in [-0.25, -0.2) is 0 Å². The van der Waals surface area contributed by atoms with Crippen LogP contribution < -0.4 is 4.90 Å². The van der Waals surface area contributed by atoms with Crippen LogP contribution in [0.15, 0.2) is 16.6 Å². The lowest BCUT2D eigenvalue weighted by atomic mass is 10.2. The number of amides is 1. The van der Waals surface area contributed by atoms with Gasteiger partial charge in [-0.3, -0.25) is 4.79 Å². The molecule has 1 aliphatic carbocycles. The lowest BCUT2D eigenvalue weighted by molar-refractivity contribution is -0.119. The Morgan fingerprint density at radius 3 is 2.88 bits per heavy atom. The van der Waals surface area contributed by atoms with E-state index in [4.69, 9.17) is 11.6 Å². The first-order chi connectivity index (χ1) is 7.66. The molecule has 1 fully saturated rings. The van der Waals surface area contributed by atoms with Crippen molar-refractivity contribution in [2.24, 2.45) is 5.92 Å². The quantitative estimate of drug-likeness (QED) is 0.778. The smallest absolute Gasteiger partial charge is 0.230 e. The lowest BCUT2D eigenvalue weighted by Gasteiger charge is -2.18. The Morgan fingerprint density at radius 2 is 2.19 bits per heavy atom. The van der Waals surface area contributed by atoms with Crippen LogP contribution >= 0.6 is 27.5 Å². The van der Waals surface area contributed by atoms with Crippen LogP contribution in [0.4, 0.5) is 5.69 Å². The highest BCUT2D eigenvalue weighted by atomic mass is 79.9. The van der Waals surface area contributed by atoms with E-state index in [0.29, 0.717) is 0 Å². The minimum absolute atomic E-state index is 0.272. The van der Waals surface area contributed by atoms with Crippen LogP contribution in [0.3, 0.4) is 0 Å². The molecule has 2 nitrogen and oxygen atoms in total. The van der Waals surface area contributed by atoms with Crippen LogP contribution in [0.5, 0.6) is 0 Å². The molecule has 4 heteroatoms. The van der Waals surface area contributed by atoms with Crippen molar-refractivity contribution < 1.29 is 4.79 Å². The summed E-state index contributed by atoms with van der Waals surface area (Å²) in [6.07, 6.45) is 3.01. The van der Waals surface area contributed by atoms with E-state index < -0.39 is 0 Å². The molecule has 1 saturated carbocycles. The van der Waals surface area contributed by atoms with Gasteiger partial charge in [0, 0.05) is 22.0 Å². The van der Waals surface area contributed by atoms with Gasteiger partial charge in [0.25, 0.3) is 0 Å². The first kappa shape index (κ1) is 10.6. The van der Waals surface area contributed by atoms with Gasteiger partial charge in [-0.05, 0) is 52.9 Å². The Labute approximate surface area is 108 Å². The molecule has 0 atom stereocenters. The van der Waals surface area contributed by atoms with E-state index in [-0.39, 0.29) is 11.8 Å². The van der Waals surface area contributed by atoms with Gasteiger partial charge in [0.2, 0.25) is 5.91 Å². The average molecular weight is 301 g/mol. The van der Waals surface area contributed by atoms with Crippen LogP contribution in [-0.2, 0) is 11.2 Å². The summed E-state index contributed by atoms with van der Waals surface area (Å²) in [6, 6.07) is 3.82. The third-order valence-electron chi connectivity index (χ3n) is 3.17. The molecule has 16 heavy (non-hydrogen) atoms. The first-order valence-electron chi connectivity index (χ1n) is 5.46. The van der Waals surface area contributed by atoms with Gasteiger partial charge in [0.15, 0.2) is 0 Å². The van der Waals surface area contributed by atoms with Crippen molar-refractivity contribution in [3.05, 3.63) is 27.2 Å². The topological polar surface area (TPSA) is 20.3 Å². The highest BCUT2D eigenvalue weighted by molar-refractivity contribution is 9.10. The minimum Gasteiger partial charge on any atom is -0.310 e. The number of fused-ring (bicyclic) bond motifs is 1. The van der Waals surface area contributed by atoms with E-state index in [1.165, 1.54) is 5.56 Å². The van der Waals surface area contributed by atoms with E-state index in [9.17, 15) is 4.79 Å². The summed E-state index contributed by atoms with van der Waals surface area (Å²) in [7, 11) is 0. The molecule has 0 unspecified atom stereocenters. The fourth-order valence-electron chi connectivity index (χ4n) is 2.23. The number of anilines is 1. The van der Waals surface area contributed by atoms with E-state index in [1.807, 2.05) is 17.0 Å². The molecule has 2 aliphatic rings. The van der Waals surface area contributed by atoms with Crippen LogP contribution in [0, 0.1) is 5.92 Å². The highest BCUT2D eigenvalue weighted by Gasteiger charge is 2.37. The summed E-state index contributed by atoms with van der Waals surface area (Å²) < 4.78 is 0.932. The summed E-state index contributed by atoms with van der Waals surface area (Å²) in [5.41, 5.74) is 2.20. The Morgan fingerprint density at radius 1 is 1.44 bits per heavy atom.